The Hall–Kier alpha value is -4.08. The molecular weight excluding hydrogens is 585 g/mol. The van der Waals surface area contributed by atoms with Crippen molar-refractivity contribution < 1.29 is 10.2 Å². The van der Waals surface area contributed by atoms with Crippen molar-refractivity contribution in [2.24, 2.45) is 0 Å². The van der Waals surface area contributed by atoms with Gasteiger partial charge in [0, 0.05) is 56.5 Å². The predicted molar refractivity (Wildman–Crippen MR) is 183 cm³/mol. The first-order valence-corrected chi connectivity index (χ1v) is 16.9. The molecule has 9 rings (SSSR count). The van der Waals surface area contributed by atoms with Gasteiger partial charge in [-0.05, 0) is 81.5 Å². The monoisotopic (exact) mass is 616 g/mol. The quantitative estimate of drug-likeness (QED) is 0.120. The van der Waals surface area contributed by atoms with Crippen LogP contribution in [0.2, 0.25) is 0 Å². The molecule has 2 aromatic heterocycles. The minimum atomic E-state index is -0.764. The van der Waals surface area contributed by atoms with Crippen LogP contribution in [0.3, 0.4) is 0 Å². The maximum Gasteiger partial charge on any atom is 0.132 e. The Balaban J connectivity index is 1.14. The van der Waals surface area contributed by atoms with E-state index >= 15 is 0 Å². The van der Waals surface area contributed by atoms with Crippen LogP contribution in [0.5, 0.6) is 0 Å². The fourth-order valence-corrected chi connectivity index (χ4v) is 9.28. The van der Waals surface area contributed by atoms with E-state index in [9.17, 15) is 10.2 Å². The average molecular weight is 617 g/mol. The summed E-state index contributed by atoms with van der Waals surface area (Å²) in [6.45, 7) is 4.29. The van der Waals surface area contributed by atoms with Crippen LogP contribution in [-0.2, 0) is 11.3 Å². The van der Waals surface area contributed by atoms with E-state index in [-0.39, 0.29) is 0 Å². The molecule has 4 aromatic carbocycles. The van der Waals surface area contributed by atoms with Crippen LogP contribution in [0.4, 0.5) is 22.7 Å². The zero-order chi connectivity index (χ0) is 29.8. The lowest BCUT2D eigenvalue weighted by Crippen LogP contribution is -2.53. The molecule has 0 amide bonds. The summed E-state index contributed by atoms with van der Waals surface area (Å²) >= 11 is 3.34. The van der Waals surface area contributed by atoms with Gasteiger partial charge in [0.15, 0.2) is 0 Å². The molecule has 1 saturated carbocycles. The van der Waals surface area contributed by atoms with Crippen LogP contribution >= 0.6 is 22.7 Å². The van der Waals surface area contributed by atoms with Gasteiger partial charge in [-0.25, -0.2) is 0 Å². The lowest BCUT2D eigenvalue weighted by atomic mass is 9.62. The number of rotatable bonds is 4. The molecule has 4 heterocycles. The summed E-state index contributed by atoms with van der Waals surface area (Å²) in [6, 6.07) is 25.2. The third-order valence-electron chi connectivity index (χ3n) is 10.1. The second-order valence-corrected chi connectivity index (χ2v) is 14.2. The molecule has 6 nitrogen and oxygen atoms in total. The Labute approximate surface area is 263 Å². The number of hydrogen-bond acceptors (Lipinski definition) is 8. The van der Waals surface area contributed by atoms with Crippen molar-refractivity contribution in [1.29, 1.82) is 0 Å². The Bertz CT molecular complexity index is 1920. The molecule has 2 atom stereocenters. The number of anilines is 4. The van der Waals surface area contributed by atoms with Gasteiger partial charge in [-0.2, -0.15) is 22.7 Å². The first kappa shape index (κ1) is 26.3. The minimum absolute atomic E-state index is 0.437. The van der Waals surface area contributed by atoms with Gasteiger partial charge in [0.2, 0.25) is 0 Å². The topological polar surface area (TPSA) is 88.6 Å². The molecule has 1 fully saturated rings. The highest BCUT2D eigenvalue weighted by atomic mass is 32.1. The first-order chi connectivity index (χ1) is 21.3. The Morgan fingerprint density at radius 1 is 0.568 bits per heavy atom. The largest absolute Gasteiger partial charge is 0.392 e. The van der Waals surface area contributed by atoms with Crippen molar-refractivity contribution in [2.75, 3.05) is 21.3 Å². The predicted octanol–water partition coefficient (Wildman–Crippen LogP) is 8.14. The standard InChI is InChI=1S/C36H32N4O2S2/c1-35(21-13-15-43-17-21)37-25-7-3-5-19-9-11-23(31(39-35)27(19)25)29-33(41)30(34(29)42)24-12-10-20-6-4-8-26-28(20)32(24)40-36(2,38-26)22-14-16-44-18-22/h3-18,29-30,33-34,37-42H,1-2H3. The molecule has 3 aliphatic rings. The maximum atomic E-state index is 12.0. The molecular formula is C36H32N4O2S2. The SMILES string of the molecule is CC1(c2ccsc2)Nc2cccc3ccc(C4C(O)C(c5ccc6cccc7c6c5NC(C)(c5ccsc5)N7)C4O)c(c23)N1. The van der Waals surface area contributed by atoms with Gasteiger partial charge in [-0.15, -0.1) is 0 Å². The van der Waals surface area contributed by atoms with E-state index in [4.69, 9.17) is 0 Å². The summed E-state index contributed by atoms with van der Waals surface area (Å²) in [5.74, 6) is -0.874. The van der Waals surface area contributed by atoms with E-state index in [0.717, 1.165) is 66.5 Å². The number of aliphatic hydroxyl groups excluding tert-OH is 2. The minimum Gasteiger partial charge on any atom is -0.392 e. The maximum absolute atomic E-state index is 12.0. The van der Waals surface area contributed by atoms with E-state index in [1.165, 1.54) is 0 Å². The van der Waals surface area contributed by atoms with E-state index in [1.54, 1.807) is 22.7 Å². The van der Waals surface area contributed by atoms with E-state index in [0.29, 0.717) is 0 Å². The van der Waals surface area contributed by atoms with Crippen LogP contribution in [0.15, 0.2) is 94.3 Å². The number of aliphatic hydroxyl groups is 2. The van der Waals surface area contributed by atoms with Crippen molar-refractivity contribution in [3.8, 4) is 0 Å². The molecule has 0 bridgehead atoms. The van der Waals surface area contributed by atoms with E-state index in [2.05, 4.69) is 129 Å². The number of hydrogen-bond donors (Lipinski definition) is 6. The Kier molecular flexibility index (Phi) is 5.52. The van der Waals surface area contributed by atoms with E-state index in [1.807, 2.05) is 0 Å². The molecule has 44 heavy (non-hydrogen) atoms. The fraction of sp³-hybridized carbons (Fsp3) is 0.222. The normalized spacial score (nSPS) is 28.5. The first-order valence-electron chi connectivity index (χ1n) is 15.0. The summed E-state index contributed by atoms with van der Waals surface area (Å²) < 4.78 is 0. The molecule has 6 N–H and O–H groups in total. The molecule has 0 spiro atoms. The summed E-state index contributed by atoms with van der Waals surface area (Å²) in [5.41, 5.74) is 7.15. The molecule has 6 aromatic rings. The van der Waals surface area contributed by atoms with E-state index < -0.39 is 35.4 Å². The lowest BCUT2D eigenvalue weighted by Gasteiger charge is -2.50. The van der Waals surface area contributed by atoms with Gasteiger partial charge in [0.25, 0.3) is 0 Å². The lowest BCUT2D eigenvalue weighted by molar-refractivity contribution is -0.0780. The third-order valence-corrected chi connectivity index (χ3v) is 11.4. The van der Waals surface area contributed by atoms with Gasteiger partial charge in [0.1, 0.15) is 11.3 Å². The molecule has 0 saturated heterocycles. The van der Waals surface area contributed by atoms with Gasteiger partial charge in [0.05, 0.1) is 12.2 Å². The summed E-state index contributed by atoms with van der Waals surface area (Å²) in [6.07, 6.45) is -1.53. The van der Waals surface area contributed by atoms with Gasteiger partial charge < -0.3 is 31.5 Å². The average Bonchev–Trinajstić information content (AvgIpc) is 3.76. The number of thiophene rings is 2. The number of benzene rings is 4. The van der Waals surface area contributed by atoms with Crippen molar-refractivity contribution in [2.45, 2.75) is 49.2 Å². The second-order valence-electron chi connectivity index (χ2n) is 12.7. The van der Waals surface area contributed by atoms with Crippen molar-refractivity contribution in [3.63, 3.8) is 0 Å². The highest BCUT2D eigenvalue weighted by molar-refractivity contribution is 7.08. The highest BCUT2D eigenvalue weighted by Crippen LogP contribution is 2.56. The Morgan fingerprint density at radius 3 is 1.43 bits per heavy atom. The molecule has 2 aliphatic heterocycles. The second kappa shape index (κ2) is 9.22. The summed E-state index contributed by atoms with van der Waals surface area (Å²) in [5, 5.41) is 51.9. The smallest absolute Gasteiger partial charge is 0.132 e. The number of nitrogens with one attached hydrogen (secondary N) is 4. The molecule has 220 valence electrons. The van der Waals surface area contributed by atoms with Crippen LogP contribution in [-0.4, -0.2) is 22.4 Å². The third kappa shape index (κ3) is 3.59. The zero-order valence-electron chi connectivity index (χ0n) is 24.3. The van der Waals surface area contributed by atoms with Gasteiger partial charge in [-0.1, -0.05) is 48.5 Å². The van der Waals surface area contributed by atoms with Crippen LogP contribution in [0.25, 0.3) is 21.5 Å². The van der Waals surface area contributed by atoms with Crippen molar-refractivity contribution >= 4 is 67.0 Å². The highest BCUT2D eigenvalue weighted by Gasteiger charge is 2.53. The summed E-state index contributed by atoms with van der Waals surface area (Å²) in [4.78, 5) is 0. The van der Waals surface area contributed by atoms with Gasteiger partial charge in [-0.3, -0.25) is 0 Å². The van der Waals surface area contributed by atoms with Crippen molar-refractivity contribution in [3.05, 3.63) is 117 Å². The molecule has 0 radical (unpaired) electrons. The van der Waals surface area contributed by atoms with Crippen LogP contribution in [0.1, 0.15) is 47.9 Å². The van der Waals surface area contributed by atoms with Gasteiger partial charge >= 0.3 is 0 Å². The van der Waals surface area contributed by atoms with Crippen LogP contribution in [0, 0.1) is 0 Å². The fourth-order valence-electron chi connectivity index (χ4n) is 7.75. The Morgan fingerprint density at radius 2 is 1.02 bits per heavy atom. The molecule has 1 aliphatic carbocycles. The summed E-state index contributed by atoms with van der Waals surface area (Å²) in [7, 11) is 0. The van der Waals surface area contributed by atoms with Crippen LogP contribution < -0.4 is 21.3 Å². The zero-order valence-corrected chi connectivity index (χ0v) is 25.9. The molecule has 2 unspecified atom stereocenters. The molecule has 8 heteroatoms. The van der Waals surface area contributed by atoms with Crippen molar-refractivity contribution in [1.82, 2.24) is 0 Å².